The van der Waals surface area contributed by atoms with Gasteiger partial charge in [0.05, 0.1) is 32.1 Å². The molecular weight excluding hydrogens is 476 g/mol. The van der Waals surface area contributed by atoms with Gasteiger partial charge in [-0.05, 0) is 36.3 Å². The minimum atomic E-state index is -0.746. The Morgan fingerprint density at radius 1 is 1.17 bits per heavy atom. The van der Waals surface area contributed by atoms with Crippen LogP contribution in [0.15, 0.2) is 36.4 Å². The maximum Gasteiger partial charge on any atom is 0.252 e. The van der Waals surface area contributed by atoms with Crippen LogP contribution in [0.4, 0.5) is 13.9 Å². The Kier molecular flexibility index (Phi) is 8.27. The van der Waals surface area contributed by atoms with Gasteiger partial charge >= 0.3 is 0 Å². The van der Waals surface area contributed by atoms with E-state index in [4.69, 9.17) is 14.2 Å². The van der Waals surface area contributed by atoms with Gasteiger partial charge in [0, 0.05) is 38.3 Å². The van der Waals surface area contributed by atoms with Gasteiger partial charge in [-0.3, -0.25) is 14.6 Å². The predicted octanol–water partition coefficient (Wildman–Crippen LogP) is 4.36. The molecule has 2 aromatic carbocycles. The van der Waals surface area contributed by atoms with Crippen molar-refractivity contribution in [3.63, 3.8) is 0 Å². The summed E-state index contributed by atoms with van der Waals surface area (Å²) in [6.45, 7) is 4.26. The van der Waals surface area contributed by atoms with E-state index in [-0.39, 0.29) is 11.4 Å². The van der Waals surface area contributed by atoms with E-state index in [2.05, 4.69) is 9.88 Å². The third-order valence-electron chi connectivity index (χ3n) is 5.68. The fraction of sp³-hybridized carbons (Fsp3) is 0.360. The van der Waals surface area contributed by atoms with Gasteiger partial charge in [-0.2, -0.15) is 0 Å². The molecule has 10 heteroatoms. The molecule has 0 radical (unpaired) electrons. The molecule has 1 fully saturated rings. The Bertz CT molecular complexity index is 1210. The Labute approximate surface area is 206 Å². The first-order valence-electron chi connectivity index (χ1n) is 11.3. The van der Waals surface area contributed by atoms with Crippen LogP contribution < -0.4 is 14.4 Å². The van der Waals surface area contributed by atoms with E-state index >= 15 is 0 Å². The van der Waals surface area contributed by atoms with E-state index in [1.165, 1.54) is 17.0 Å². The van der Waals surface area contributed by atoms with Crippen LogP contribution >= 0.6 is 11.3 Å². The number of ether oxygens (including phenoxy) is 3. The zero-order valence-corrected chi connectivity index (χ0v) is 20.4. The number of amides is 1. The molecule has 0 spiro atoms. The third-order valence-corrected chi connectivity index (χ3v) is 6.71. The van der Waals surface area contributed by atoms with Crippen LogP contribution in [-0.2, 0) is 9.53 Å². The number of halogens is 2. The molecule has 1 aliphatic rings. The van der Waals surface area contributed by atoms with Crippen molar-refractivity contribution in [2.75, 3.05) is 58.5 Å². The monoisotopic (exact) mass is 503 g/mol. The zero-order valence-electron chi connectivity index (χ0n) is 19.6. The standard InChI is InChI=1S/C25H27F2N3O4S/c1-32-20-6-4-17(14-21(20)33-2)5-7-23(31)30(9-3-8-29-10-12-34-13-11-29)25-28-24-19(27)15-18(26)16-22(24)35-25/h4-7,14-16H,3,8-13H2,1-2H3/b7-5+. The molecule has 0 bridgehead atoms. The molecule has 3 aromatic rings. The number of fused-ring (bicyclic) bond motifs is 1. The smallest absolute Gasteiger partial charge is 0.252 e. The molecule has 0 aliphatic carbocycles. The van der Waals surface area contributed by atoms with Gasteiger partial charge in [0.15, 0.2) is 22.4 Å². The largest absolute Gasteiger partial charge is 0.493 e. The van der Waals surface area contributed by atoms with Gasteiger partial charge in [0.1, 0.15) is 11.3 Å². The third kappa shape index (κ3) is 6.14. The van der Waals surface area contributed by atoms with Crippen molar-refractivity contribution >= 4 is 38.7 Å². The maximum atomic E-state index is 14.3. The number of nitrogens with zero attached hydrogens (tertiary/aromatic N) is 3. The molecule has 0 saturated carbocycles. The minimum Gasteiger partial charge on any atom is -0.493 e. The van der Waals surface area contributed by atoms with Crippen molar-refractivity contribution in [3.05, 3.63) is 53.6 Å². The summed E-state index contributed by atoms with van der Waals surface area (Å²) in [7, 11) is 3.10. The number of thiazole rings is 1. The fourth-order valence-electron chi connectivity index (χ4n) is 3.85. The van der Waals surface area contributed by atoms with Crippen molar-refractivity contribution in [2.45, 2.75) is 6.42 Å². The van der Waals surface area contributed by atoms with Crippen LogP contribution in [-0.4, -0.2) is 69.4 Å². The van der Waals surface area contributed by atoms with Crippen molar-refractivity contribution < 1.29 is 27.8 Å². The number of benzene rings is 2. The van der Waals surface area contributed by atoms with E-state index in [1.54, 1.807) is 32.4 Å². The molecule has 4 rings (SSSR count). The lowest BCUT2D eigenvalue weighted by molar-refractivity contribution is -0.114. The molecule has 186 valence electrons. The van der Waals surface area contributed by atoms with Crippen LogP contribution in [0.2, 0.25) is 0 Å². The molecule has 0 atom stereocenters. The van der Waals surface area contributed by atoms with Crippen molar-refractivity contribution in [1.82, 2.24) is 9.88 Å². The Balaban J connectivity index is 1.56. The molecule has 2 heterocycles. The summed E-state index contributed by atoms with van der Waals surface area (Å²) in [5.41, 5.74) is 0.808. The summed E-state index contributed by atoms with van der Waals surface area (Å²) in [5.74, 6) is -0.591. The summed E-state index contributed by atoms with van der Waals surface area (Å²) >= 11 is 1.09. The average molecular weight is 504 g/mol. The molecule has 1 aliphatic heterocycles. The minimum absolute atomic E-state index is 0.0567. The maximum absolute atomic E-state index is 14.3. The van der Waals surface area contributed by atoms with Gasteiger partial charge in [-0.15, -0.1) is 0 Å². The normalized spacial score (nSPS) is 14.5. The van der Waals surface area contributed by atoms with E-state index < -0.39 is 11.6 Å². The quantitative estimate of drug-likeness (QED) is 0.405. The summed E-state index contributed by atoms with van der Waals surface area (Å²) in [6.07, 6.45) is 3.81. The van der Waals surface area contributed by atoms with Crippen LogP contribution in [0.5, 0.6) is 11.5 Å². The molecule has 7 nitrogen and oxygen atoms in total. The topological polar surface area (TPSA) is 64.1 Å². The highest BCUT2D eigenvalue weighted by atomic mass is 32.1. The zero-order chi connectivity index (χ0) is 24.8. The van der Waals surface area contributed by atoms with Gasteiger partial charge < -0.3 is 14.2 Å². The second kappa shape index (κ2) is 11.6. The predicted molar refractivity (Wildman–Crippen MR) is 132 cm³/mol. The fourth-order valence-corrected chi connectivity index (χ4v) is 4.89. The van der Waals surface area contributed by atoms with Crippen molar-refractivity contribution in [3.8, 4) is 11.5 Å². The first-order chi connectivity index (χ1) is 17.0. The van der Waals surface area contributed by atoms with Crippen LogP contribution in [0.25, 0.3) is 16.3 Å². The lowest BCUT2D eigenvalue weighted by Crippen LogP contribution is -2.39. The van der Waals surface area contributed by atoms with Gasteiger partial charge in [-0.25, -0.2) is 13.8 Å². The number of methoxy groups -OCH3 is 2. The number of anilines is 1. The number of carbonyl (C=O) groups is 1. The highest BCUT2D eigenvalue weighted by Gasteiger charge is 2.20. The first kappa shape index (κ1) is 25.0. The van der Waals surface area contributed by atoms with E-state index in [0.29, 0.717) is 47.5 Å². The van der Waals surface area contributed by atoms with Gasteiger partial charge in [0.2, 0.25) is 0 Å². The highest BCUT2D eigenvalue weighted by molar-refractivity contribution is 7.22. The number of hydrogen-bond acceptors (Lipinski definition) is 7. The second-order valence-electron chi connectivity index (χ2n) is 7.98. The van der Waals surface area contributed by atoms with Gasteiger partial charge in [0.25, 0.3) is 5.91 Å². The number of carbonyl (C=O) groups excluding carboxylic acids is 1. The van der Waals surface area contributed by atoms with Crippen molar-refractivity contribution in [2.24, 2.45) is 0 Å². The Hall–Kier alpha value is -3.08. The number of rotatable bonds is 9. The summed E-state index contributed by atoms with van der Waals surface area (Å²) < 4.78 is 44.3. The summed E-state index contributed by atoms with van der Waals surface area (Å²) in [4.78, 5) is 21.4. The SMILES string of the molecule is COc1ccc(/C=C/C(=O)N(CCCN2CCOCC2)c2nc3c(F)cc(F)cc3s2)cc1OC. The van der Waals surface area contributed by atoms with E-state index in [1.807, 2.05) is 6.07 Å². The summed E-state index contributed by atoms with van der Waals surface area (Å²) in [5, 5.41) is 0.327. The second-order valence-corrected chi connectivity index (χ2v) is 8.99. The molecule has 1 saturated heterocycles. The molecule has 1 amide bonds. The highest BCUT2D eigenvalue weighted by Crippen LogP contribution is 2.32. The van der Waals surface area contributed by atoms with E-state index in [0.717, 1.165) is 42.6 Å². The molecule has 0 unspecified atom stereocenters. The number of morpholine rings is 1. The van der Waals surface area contributed by atoms with Crippen molar-refractivity contribution in [1.29, 1.82) is 0 Å². The summed E-state index contributed by atoms with van der Waals surface area (Å²) in [6, 6.07) is 7.36. The lowest BCUT2D eigenvalue weighted by Gasteiger charge is -2.27. The first-order valence-corrected chi connectivity index (χ1v) is 12.1. The van der Waals surface area contributed by atoms with Crippen LogP contribution in [0.3, 0.4) is 0 Å². The molecule has 0 N–H and O–H groups in total. The lowest BCUT2D eigenvalue weighted by atomic mass is 10.2. The Morgan fingerprint density at radius 3 is 2.69 bits per heavy atom. The molecule has 35 heavy (non-hydrogen) atoms. The Morgan fingerprint density at radius 2 is 1.94 bits per heavy atom. The number of hydrogen-bond donors (Lipinski definition) is 0. The molecular formula is C25H27F2N3O4S. The average Bonchev–Trinajstić information content (AvgIpc) is 3.29. The van der Waals surface area contributed by atoms with Gasteiger partial charge in [-0.1, -0.05) is 17.4 Å². The number of aromatic nitrogens is 1. The van der Waals surface area contributed by atoms with E-state index in [9.17, 15) is 13.6 Å². The molecule has 1 aromatic heterocycles. The van der Waals surface area contributed by atoms with Crippen LogP contribution in [0.1, 0.15) is 12.0 Å². The van der Waals surface area contributed by atoms with Crippen LogP contribution in [0, 0.1) is 11.6 Å².